The predicted octanol–water partition coefficient (Wildman–Crippen LogP) is 3.11. The Morgan fingerprint density at radius 2 is 1.97 bits per heavy atom. The van der Waals surface area contributed by atoms with E-state index < -0.39 is 5.82 Å². The van der Waals surface area contributed by atoms with Crippen LogP contribution in [0.5, 0.6) is 0 Å². The van der Waals surface area contributed by atoms with Crippen molar-refractivity contribution >= 4 is 17.8 Å². The van der Waals surface area contributed by atoms with Crippen LogP contribution in [0.1, 0.15) is 23.2 Å². The number of nitrogens with zero attached hydrogens (tertiary/aromatic N) is 5. The molecule has 0 spiro atoms. The lowest BCUT2D eigenvalue weighted by Crippen LogP contribution is -2.46. The topological polar surface area (TPSA) is 123 Å². The average molecular weight is 462 g/mol. The highest BCUT2D eigenvalue weighted by atomic mass is 19.1. The molecule has 1 aliphatic heterocycles. The molecule has 10 heteroatoms. The monoisotopic (exact) mass is 461 g/mol. The Bertz CT molecular complexity index is 1260. The first-order chi connectivity index (χ1) is 16.6. The number of aromatic nitrogens is 4. The van der Waals surface area contributed by atoms with Crippen LogP contribution in [-0.2, 0) is 0 Å². The molecule has 3 N–H and O–H groups in total. The quantitative estimate of drug-likeness (QED) is 0.537. The van der Waals surface area contributed by atoms with Gasteiger partial charge in [0.1, 0.15) is 5.82 Å². The van der Waals surface area contributed by atoms with Crippen molar-refractivity contribution in [3.05, 3.63) is 72.0 Å². The Hall–Kier alpha value is -4.18. The summed E-state index contributed by atoms with van der Waals surface area (Å²) in [6.45, 7) is 4.39. The maximum absolute atomic E-state index is 14.8. The number of amides is 1. The fraction of sp³-hybridized carbons (Fsp3) is 0.208. The van der Waals surface area contributed by atoms with Crippen LogP contribution in [0.4, 0.5) is 10.2 Å². The third kappa shape index (κ3) is 5.24. The fourth-order valence-corrected chi connectivity index (χ4v) is 3.36. The van der Waals surface area contributed by atoms with Crippen molar-refractivity contribution in [1.29, 1.82) is 0 Å². The number of nitrogen functional groups attached to an aromatic ring is 1. The first-order valence-electron chi connectivity index (χ1n) is 10.8. The number of anilines is 1. The minimum absolute atomic E-state index is 0.0195. The number of nitrogens with one attached hydrogen (secondary N) is 1. The Morgan fingerprint density at radius 1 is 1.18 bits per heavy atom. The van der Waals surface area contributed by atoms with Gasteiger partial charge in [0.15, 0.2) is 11.5 Å². The highest BCUT2D eigenvalue weighted by molar-refractivity contribution is 5.95. The molecule has 0 aliphatic carbocycles. The van der Waals surface area contributed by atoms with Crippen molar-refractivity contribution in [2.24, 2.45) is 0 Å². The molecule has 2 aromatic heterocycles. The fourth-order valence-electron chi connectivity index (χ4n) is 3.36. The average Bonchev–Trinajstić information content (AvgIpc) is 3.33. The van der Waals surface area contributed by atoms with Gasteiger partial charge in [-0.3, -0.25) is 4.79 Å². The number of hydrogen-bond acceptors (Lipinski definition) is 8. The van der Waals surface area contributed by atoms with Crippen LogP contribution in [0.2, 0.25) is 0 Å². The standard InChI is InChI=1S/C24H24FN7O2/c1-2-3-4-5-6-7-20-30-31-23(34-20)21-22(26)28-15-19(29-21)16-8-9-17(18(25)14-16)24(33)32-12-10-27-11-13-32/h2-9,14-15,27H,10-13H2,1H3,(H2,26,28)/b3-2-,5-4-,7-6+. The maximum Gasteiger partial charge on any atom is 0.270 e. The largest absolute Gasteiger partial charge is 0.415 e. The highest BCUT2D eigenvalue weighted by Gasteiger charge is 2.22. The van der Waals surface area contributed by atoms with E-state index in [0.717, 1.165) is 0 Å². The third-order valence-corrected chi connectivity index (χ3v) is 5.11. The van der Waals surface area contributed by atoms with Gasteiger partial charge in [-0.05, 0) is 19.1 Å². The summed E-state index contributed by atoms with van der Waals surface area (Å²) in [6.07, 6.45) is 12.3. The lowest BCUT2D eigenvalue weighted by molar-refractivity contribution is 0.0731. The summed E-state index contributed by atoms with van der Waals surface area (Å²) in [6, 6.07) is 4.35. The molecule has 0 unspecified atom stereocenters. The number of rotatable bonds is 6. The number of halogens is 1. The van der Waals surface area contributed by atoms with Crippen molar-refractivity contribution in [3.63, 3.8) is 0 Å². The number of allylic oxidation sites excluding steroid dienone is 5. The second-order valence-electron chi connectivity index (χ2n) is 7.44. The molecule has 1 aliphatic rings. The van der Waals surface area contributed by atoms with Gasteiger partial charge in [-0.15, -0.1) is 10.2 Å². The van der Waals surface area contributed by atoms with E-state index in [2.05, 4.69) is 25.5 Å². The normalized spacial score (nSPS) is 14.6. The van der Waals surface area contributed by atoms with Crippen LogP contribution in [0.15, 0.2) is 59.2 Å². The number of carbonyl (C=O) groups excluding carboxylic acids is 1. The first-order valence-corrected chi connectivity index (χ1v) is 10.8. The number of carbonyl (C=O) groups is 1. The van der Waals surface area contributed by atoms with E-state index in [0.29, 0.717) is 37.4 Å². The van der Waals surface area contributed by atoms with E-state index in [4.69, 9.17) is 10.2 Å². The van der Waals surface area contributed by atoms with Gasteiger partial charge >= 0.3 is 0 Å². The predicted molar refractivity (Wildman–Crippen MR) is 127 cm³/mol. The molecule has 0 bridgehead atoms. The van der Waals surface area contributed by atoms with Crippen molar-refractivity contribution in [1.82, 2.24) is 30.4 Å². The number of hydrogen-bond donors (Lipinski definition) is 2. The molecule has 9 nitrogen and oxygen atoms in total. The lowest BCUT2D eigenvalue weighted by atomic mass is 10.1. The maximum atomic E-state index is 14.8. The Labute approximate surface area is 195 Å². The first kappa shape index (κ1) is 23.0. The zero-order valence-corrected chi connectivity index (χ0v) is 18.6. The molecule has 1 fully saturated rings. The number of piperazine rings is 1. The zero-order valence-electron chi connectivity index (χ0n) is 18.6. The number of benzene rings is 1. The van der Waals surface area contributed by atoms with Crippen LogP contribution in [0.25, 0.3) is 28.9 Å². The summed E-state index contributed by atoms with van der Waals surface area (Å²) in [5, 5.41) is 11.1. The van der Waals surface area contributed by atoms with Gasteiger partial charge in [-0.25, -0.2) is 14.4 Å². The van der Waals surface area contributed by atoms with Crippen LogP contribution >= 0.6 is 0 Å². The molecule has 1 amide bonds. The third-order valence-electron chi connectivity index (χ3n) is 5.11. The molecule has 3 heterocycles. The second-order valence-corrected chi connectivity index (χ2v) is 7.44. The summed E-state index contributed by atoms with van der Waals surface area (Å²) < 4.78 is 20.5. The Kier molecular flexibility index (Phi) is 7.19. The molecule has 1 aromatic carbocycles. The van der Waals surface area contributed by atoms with E-state index in [-0.39, 0.29) is 34.8 Å². The molecule has 4 rings (SSSR count). The van der Waals surface area contributed by atoms with E-state index in [1.807, 2.05) is 31.2 Å². The van der Waals surface area contributed by atoms with Crippen LogP contribution < -0.4 is 11.1 Å². The van der Waals surface area contributed by atoms with E-state index in [1.165, 1.54) is 18.3 Å². The van der Waals surface area contributed by atoms with Gasteiger partial charge in [0.05, 0.1) is 17.5 Å². The van der Waals surface area contributed by atoms with Crippen molar-refractivity contribution in [3.8, 4) is 22.8 Å². The summed E-state index contributed by atoms with van der Waals surface area (Å²) in [5.41, 5.74) is 6.98. The van der Waals surface area contributed by atoms with E-state index >= 15 is 0 Å². The molecular formula is C24H24FN7O2. The van der Waals surface area contributed by atoms with Gasteiger partial charge in [-0.1, -0.05) is 36.4 Å². The van der Waals surface area contributed by atoms with Gasteiger partial charge in [0.25, 0.3) is 11.8 Å². The zero-order chi connectivity index (χ0) is 23.9. The Morgan fingerprint density at radius 3 is 2.74 bits per heavy atom. The van der Waals surface area contributed by atoms with Crippen molar-refractivity contribution in [2.45, 2.75) is 6.92 Å². The minimum atomic E-state index is -0.627. The van der Waals surface area contributed by atoms with Gasteiger partial charge in [0, 0.05) is 37.8 Å². The SMILES string of the molecule is C\C=C/C=C\C=C\c1nnc(-c2nc(-c3ccc(C(=O)N4CCNCC4)c(F)c3)cnc2N)o1. The molecular weight excluding hydrogens is 437 g/mol. The summed E-state index contributed by atoms with van der Waals surface area (Å²) in [7, 11) is 0. The van der Waals surface area contributed by atoms with Gasteiger partial charge in [0.2, 0.25) is 5.89 Å². The molecule has 174 valence electrons. The van der Waals surface area contributed by atoms with Gasteiger partial charge in [-0.2, -0.15) is 0 Å². The van der Waals surface area contributed by atoms with E-state index in [1.54, 1.807) is 23.1 Å². The summed E-state index contributed by atoms with van der Waals surface area (Å²) in [5.74, 6) is -0.496. The molecule has 0 saturated carbocycles. The number of nitrogens with two attached hydrogens (primary N) is 1. The smallest absolute Gasteiger partial charge is 0.270 e. The van der Waals surface area contributed by atoms with Crippen molar-refractivity contribution in [2.75, 3.05) is 31.9 Å². The summed E-state index contributed by atoms with van der Waals surface area (Å²) >= 11 is 0. The van der Waals surface area contributed by atoms with Crippen molar-refractivity contribution < 1.29 is 13.6 Å². The molecule has 3 aromatic rings. The molecule has 0 radical (unpaired) electrons. The van der Waals surface area contributed by atoms with Crippen LogP contribution in [0, 0.1) is 5.82 Å². The molecule has 0 atom stereocenters. The van der Waals surface area contributed by atoms with E-state index in [9.17, 15) is 9.18 Å². The summed E-state index contributed by atoms with van der Waals surface area (Å²) in [4.78, 5) is 22.9. The second kappa shape index (κ2) is 10.6. The van der Waals surface area contributed by atoms with Crippen LogP contribution in [-0.4, -0.2) is 57.2 Å². The molecule has 34 heavy (non-hydrogen) atoms. The molecule has 1 saturated heterocycles. The highest BCUT2D eigenvalue weighted by Crippen LogP contribution is 2.27. The lowest BCUT2D eigenvalue weighted by Gasteiger charge is -2.27. The van der Waals surface area contributed by atoms with Gasteiger partial charge < -0.3 is 20.4 Å². The Balaban J connectivity index is 1.56. The minimum Gasteiger partial charge on any atom is -0.415 e. The van der Waals surface area contributed by atoms with Crippen LogP contribution in [0.3, 0.4) is 0 Å².